The van der Waals surface area contributed by atoms with Crippen LogP contribution in [-0.2, 0) is 10.1 Å². The third-order valence-corrected chi connectivity index (χ3v) is 4.05. The molecule has 202 valence electrons. The average molecular weight is 559 g/mol. The Hall–Kier alpha value is -1.32. The van der Waals surface area contributed by atoms with Crippen LogP contribution in [0.2, 0.25) is 0 Å². The Morgan fingerprint density at radius 3 is 1.00 bits per heavy atom. The number of alkyl halides is 17. The van der Waals surface area contributed by atoms with Gasteiger partial charge in [0.05, 0.1) is 0 Å². The molecule has 0 saturated carbocycles. The van der Waals surface area contributed by atoms with Crippen LogP contribution in [0.25, 0.3) is 0 Å². The van der Waals surface area contributed by atoms with E-state index in [9.17, 15) is 83.1 Å². The maximum Gasteiger partial charge on any atom is 0.385 e. The summed E-state index contributed by atoms with van der Waals surface area (Å²) in [5.74, 6) is -58.3. The van der Waals surface area contributed by atoms with Crippen molar-refractivity contribution in [3.63, 3.8) is 0 Å². The zero-order valence-electron chi connectivity index (χ0n) is 15.3. The minimum absolute atomic E-state index is 1.88. The zero-order chi connectivity index (χ0) is 27.9. The van der Waals surface area contributed by atoms with Gasteiger partial charge in [-0.1, -0.05) is 0 Å². The van der Waals surface area contributed by atoms with Crippen molar-refractivity contribution in [2.75, 3.05) is 14.1 Å². The summed E-state index contributed by atoms with van der Waals surface area (Å²) >= 11 is 0. The fourth-order valence-corrected chi connectivity index (χ4v) is 2.00. The molecule has 22 heteroatoms. The van der Waals surface area contributed by atoms with E-state index >= 15 is 0 Å². The maximum absolute atomic E-state index is 13.2. The fourth-order valence-electron chi connectivity index (χ4n) is 1.48. The second kappa shape index (κ2) is 9.38. The molecular formula is C11H10F17NO3S. The van der Waals surface area contributed by atoms with Gasteiger partial charge in [-0.15, -0.1) is 0 Å². The minimum atomic E-state index is -8.78. The van der Waals surface area contributed by atoms with Gasteiger partial charge in [0.25, 0.3) is 5.50 Å². The molecule has 1 atom stereocenters. The van der Waals surface area contributed by atoms with Crippen LogP contribution in [0.1, 0.15) is 0 Å². The van der Waals surface area contributed by atoms with Gasteiger partial charge in [-0.25, -0.2) is 13.2 Å². The first-order valence-electron chi connectivity index (χ1n) is 7.13. The Morgan fingerprint density at radius 2 is 0.788 bits per heavy atom. The van der Waals surface area contributed by atoms with Crippen molar-refractivity contribution in [1.82, 2.24) is 5.32 Å². The topological polar surface area (TPSA) is 66.4 Å². The highest BCUT2D eigenvalue weighted by Crippen LogP contribution is 2.63. The number of hydrogen-bond donors (Lipinski definition) is 2. The van der Waals surface area contributed by atoms with E-state index in [1.165, 1.54) is 0 Å². The van der Waals surface area contributed by atoms with Crippen LogP contribution < -0.4 is 5.32 Å². The number of nitrogens with one attached hydrogen (secondary N) is 1. The molecule has 0 amide bonds. The van der Waals surface area contributed by atoms with Crippen molar-refractivity contribution < 1.29 is 87.6 Å². The first-order chi connectivity index (χ1) is 14.0. The molecule has 0 rings (SSSR count). The summed E-state index contributed by atoms with van der Waals surface area (Å²) in [6.07, 6.45) is -6.01. The number of halogens is 17. The summed E-state index contributed by atoms with van der Waals surface area (Å²) in [6.45, 7) is 0. The molecule has 33 heavy (non-hydrogen) atoms. The van der Waals surface area contributed by atoms with Gasteiger partial charge in [0.2, 0.25) is 0 Å². The predicted octanol–water partition coefficient (Wildman–Crippen LogP) is 4.72. The molecule has 0 radical (unpaired) electrons. The smallest absolute Gasteiger partial charge is 0.323 e. The van der Waals surface area contributed by atoms with Gasteiger partial charge in [0.1, 0.15) is 0 Å². The Bertz CT molecular complexity index is 766. The summed E-state index contributed by atoms with van der Waals surface area (Å²) < 4.78 is 246. The van der Waals surface area contributed by atoms with E-state index in [0.29, 0.717) is 0 Å². The zero-order valence-corrected chi connectivity index (χ0v) is 16.1. The summed E-state index contributed by atoms with van der Waals surface area (Å²) in [5.41, 5.74) is -5.96. The number of hydrogen-bond acceptors (Lipinski definition) is 3. The van der Waals surface area contributed by atoms with Crippen LogP contribution in [0.4, 0.5) is 74.6 Å². The molecule has 2 N–H and O–H groups in total. The molecule has 0 aliphatic rings. The molecule has 0 fully saturated rings. The standard InChI is InChI=1S/C9H3F17O3S.C2H7N/c10-1(11)3(13,14)5(17,18)7(21,22)9(25,26)8(23,24)6(19,20)4(15,16)2(12)30(27,28)29;1-3-2/h1-2H,(H,27,28,29);3H,1-2H3. The minimum Gasteiger partial charge on any atom is -0.323 e. The van der Waals surface area contributed by atoms with Gasteiger partial charge in [-0.3, -0.25) is 4.55 Å². The third kappa shape index (κ3) is 5.05. The van der Waals surface area contributed by atoms with Crippen molar-refractivity contribution >= 4 is 10.1 Å². The molecule has 0 aromatic heterocycles. The second-order valence-corrected chi connectivity index (χ2v) is 7.19. The van der Waals surface area contributed by atoms with Crippen molar-refractivity contribution in [3.8, 4) is 0 Å². The quantitative estimate of drug-likeness (QED) is 0.317. The fraction of sp³-hybridized carbons (Fsp3) is 1.00. The van der Waals surface area contributed by atoms with E-state index in [0.717, 1.165) is 0 Å². The maximum atomic E-state index is 13.2. The van der Waals surface area contributed by atoms with E-state index in [2.05, 4.69) is 5.32 Å². The lowest BCUT2D eigenvalue weighted by Crippen LogP contribution is -2.74. The molecule has 0 aromatic carbocycles. The van der Waals surface area contributed by atoms with Gasteiger partial charge >= 0.3 is 58.0 Å². The lowest BCUT2D eigenvalue weighted by molar-refractivity contribution is -0.448. The molecule has 0 spiro atoms. The summed E-state index contributed by atoms with van der Waals surface area (Å²) in [5, 5.41) is 2.75. The van der Waals surface area contributed by atoms with Gasteiger partial charge in [0.15, 0.2) is 0 Å². The van der Waals surface area contributed by atoms with E-state index in [1.54, 1.807) is 0 Å². The summed E-state index contributed by atoms with van der Waals surface area (Å²) in [4.78, 5) is 0. The Labute approximate surface area is 171 Å². The largest absolute Gasteiger partial charge is 0.385 e. The number of rotatable bonds is 9. The highest BCUT2D eigenvalue weighted by atomic mass is 32.2. The van der Waals surface area contributed by atoms with Crippen molar-refractivity contribution in [2.24, 2.45) is 0 Å². The SMILES string of the molecule is CNC.O=S(=O)(O)C(F)C(F)(F)C(F)(F)C(F)(F)C(F)(F)C(F)(F)C(F)(F)C(F)(F)C(F)F. The van der Waals surface area contributed by atoms with Crippen LogP contribution >= 0.6 is 0 Å². The molecule has 0 bridgehead atoms. The molecule has 4 nitrogen and oxygen atoms in total. The predicted molar refractivity (Wildman–Crippen MR) is 72.1 cm³/mol. The first kappa shape index (κ1) is 33.9. The molecular weight excluding hydrogens is 549 g/mol. The third-order valence-electron chi connectivity index (χ3n) is 3.24. The molecule has 0 aliphatic carbocycles. The van der Waals surface area contributed by atoms with Gasteiger partial charge in [-0.05, 0) is 14.1 Å². The lowest BCUT2D eigenvalue weighted by atomic mass is 9.89. The summed E-state index contributed by atoms with van der Waals surface area (Å²) in [7, 11) is -3.43. The average Bonchev–Trinajstić information content (AvgIpc) is 2.59. The second-order valence-electron chi connectivity index (χ2n) is 5.75. The van der Waals surface area contributed by atoms with Crippen LogP contribution in [0.15, 0.2) is 0 Å². The van der Waals surface area contributed by atoms with Crippen LogP contribution in [0, 0.1) is 0 Å². The van der Waals surface area contributed by atoms with Gasteiger partial charge in [0, 0.05) is 0 Å². The molecule has 0 heterocycles. The van der Waals surface area contributed by atoms with Crippen molar-refractivity contribution in [3.05, 3.63) is 0 Å². The highest BCUT2D eigenvalue weighted by molar-refractivity contribution is 7.86. The molecule has 0 aliphatic heterocycles. The normalized spacial score (nSPS) is 16.4. The Kier molecular flexibility index (Phi) is 9.62. The monoisotopic (exact) mass is 559 g/mol. The molecule has 0 aromatic rings. The van der Waals surface area contributed by atoms with E-state index in [4.69, 9.17) is 4.55 Å². The Morgan fingerprint density at radius 1 is 0.576 bits per heavy atom. The van der Waals surface area contributed by atoms with Crippen LogP contribution in [0.3, 0.4) is 0 Å². The molecule has 0 saturated heterocycles. The highest BCUT2D eigenvalue weighted by Gasteiger charge is 2.94. The van der Waals surface area contributed by atoms with Crippen molar-refractivity contribution in [1.29, 1.82) is 0 Å². The van der Waals surface area contributed by atoms with Gasteiger partial charge < -0.3 is 5.32 Å². The van der Waals surface area contributed by atoms with E-state index < -0.39 is 63.5 Å². The summed E-state index contributed by atoms with van der Waals surface area (Å²) in [6, 6.07) is 0. The Balaban J connectivity index is 0. The van der Waals surface area contributed by atoms with E-state index in [1.807, 2.05) is 14.1 Å². The van der Waals surface area contributed by atoms with Crippen LogP contribution in [-0.4, -0.2) is 80.5 Å². The van der Waals surface area contributed by atoms with E-state index in [-0.39, 0.29) is 0 Å². The van der Waals surface area contributed by atoms with Gasteiger partial charge in [-0.2, -0.15) is 69.9 Å². The lowest BCUT2D eigenvalue weighted by Gasteiger charge is -2.42. The van der Waals surface area contributed by atoms with Crippen LogP contribution in [0.5, 0.6) is 0 Å². The first-order valence-corrected chi connectivity index (χ1v) is 8.63. The van der Waals surface area contributed by atoms with Crippen molar-refractivity contribution in [2.45, 2.75) is 53.4 Å². The molecule has 1 unspecified atom stereocenters.